The smallest absolute Gasteiger partial charge is 0.433 e. The number of hydrogen-bond acceptors (Lipinski definition) is 8. The zero-order valence-electron chi connectivity index (χ0n) is 23.4. The maximum Gasteiger partial charge on any atom is 0.433 e. The van der Waals surface area contributed by atoms with E-state index in [1.54, 1.807) is 0 Å². The first-order valence-electron chi connectivity index (χ1n) is 13.1. The molecule has 1 aliphatic heterocycles. The highest BCUT2D eigenvalue weighted by molar-refractivity contribution is 9.11. The van der Waals surface area contributed by atoms with Crippen LogP contribution >= 0.6 is 15.9 Å². The molecular weight excluding hydrogens is 637 g/mol. The van der Waals surface area contributed by atoms with Crippen molar-refractivity contribution in [2.45, 2.75) is 64.1 Å². The van der Waals surface area contributed by atoms with Crippen LogP contribution < -0.4 is 0 Å². The minimum absolute atomic E-state index is 0.0341. The SMILES string of the molecule is CC(C)(C)c1c(-c2ncn[nH]2)cc(C(F)(F)F)nc1C1CC1.O=C(O)CCN1C(=O)N(Cc2cncnc2)C(=O)/C1=C/Br. The average Bonchev–Trinajstić information content (AvgIpc) is 3.59. The van der Waals surface area contributed by atoms with Gasteiger partial charge in [0.1, 0.15) is 24.0 Å². The highest BCUT2D eigenvalue weighted by Crippen LogP contribution is 2.47. The molecule has 43 heavy (non-hydrogen) atoms. The van der Waals surface area contributed by atoms with Crippen molar-refractivity contribution in [3.8, 4) is 11.4 Å². The number of carboxylic acid groups (broad SMARTS) is 1. The van der Waals surface area contributed by atoms with Gasteiger partial charge < -0.3 is 5.11 Å². The number of pyridine rings is 1. The van der Waals surface area contributed by atoms with Gasteiger partial charge in [-0.15, -0.1) is 0 Å². The number of hydrogen-bond donors (Lipinski definition) is 2. The molecule has 1 saturated carbocycles. The second kappa shape index (κ2) is 12.6. The Morgan fingerprint density at radius 1 is 1.14 bits per heavy atom. The lowest BCUT2D eigenvalue weighted by Gasteiger charge is -2.26. The summed E-state index contributed by atoms with van der Waals surface area (Å²) in [6, 6.07) is 0.517. The molecule has 1 aliphatic carbocycles. The predicted octanol–water partition coefficient (Wildman–Crippen LogP) is 5.01. The minimum Gasteiger partial charge on any atom is -0.481 e. The first-order valence-corrected chi connectivity index (χ1v) is 14.0. The number of rotatable bonds is 7. The Balaban J connectivity index is 0.000000197. The van der Waals surface area contributed by atoms with E-state index in [4.69, 9.17) is 5.11 Å². The fraction of sp³-hybridized carbons (Fsp3) is 0.407. The van der Waals surface area contributed by atoms with Crippen LogP contribution in [0.2, 0.25) is 0 Å². The average molecular weight is 665 g/mol. The number of urea groups is 1. The summed E-state index contributed by atoms with van der Waals surface area (Å²) in [5.74, 6) is -1.08. The molecule has 12 nitrogen and oxygen atoms in total. The molecule has 2 aliphatic rings. The zero-order chi connectivity index (χ0) is 31.5. The third kappa shape index (κ3) is 7.42. The van der Waals surface area contributed by atoms with E-state index in [2.05, 4.69) is 46.1 Å². The first kappa shape index (κ1) is 31.7. The number of nitrogens with zero attached hydrogens (tertiary/aromatic N) is 7. The molecule has 16 heteroatoms. The van der Waals surface area contributed by atoms with E-state index >= 15 is 0 Å². The first-order chi connectivity index (χ1) is 20.2. The normalized spacial score (nSPS) is 16.5. The molecule has 1 saturated heterocycles. The Morgan fingerprint density at radius 3 is 2.33 bits per heavy atom. The lowest BCUT2D eigenvalue weighted by atomic mass is 9.81. The van der Waals surface area contributed by atoms with Gasteiger partial charge in [-0.2, -0.15) is 18.3 Å². The Kier molecular flexibility index (Phi) is 9.27. The number of aromatic amines is 1. The number of halogens is 4. The third-order valence-corrected chi connectivity index (χ3v) is 6.98. The number of carbonyl (C=O) groups excluding carboxylic acids is 2. The maximum atomic E-state index is 13.2. The summed E-state index contributed by atoms with van der Waals surface area (Å²) < 4.78 is 39.6. The van der Waals surface area contributed by atoms with Crippen LogP contribution in [0, 0.1) is 0 Å². The number of aliphatic carboxylic acids is 1. The standard InChI is InChI=1S/C15H17F3N4.C12H11BrN4O4/c1-14(2,3)11-9(13-19-7-20-22-13)6-10(15(16,17)18)21-12(11)8-4-5-8;13-3-9-11(20)17(6-8-4-14-7-15-5-8)12(21)16(9)2-1-10(18)19/h6-8H,4-5H2,1-3H3,(H,19,20,22);3-5,7H,1-2,6H2,(H,18,19)/b;9-3-. The fourth-order valence-corrected chi connectivity index (χ4v) is 4.97. The minimum atomic E-state index is -4.48. The largest absolute Gasteiger partial charge is 0.481 e. The lowest BCUT2D eigenvalue weighted by Crippen LogP contribution is -2.33. The topological polar surface area (TPSA) is 158 Å². The molecule has 0 aromatic carbocycles. The van der Waals surface area contributed by atoms with E-state index in [0.717, 1.165) is 34.3 Å². The quantitative estimate of drug-likeness (QED) is 0.261. The van der Waals surface area contributed by atoms with E-state index in [0.29, 0.717) is 22.6 Å². The predicted molar refractivity (Wildman–Crippen MR) is 149 cm³/mol. The molecule has 228 valence electrons. The van der Waals surface area contributed by atoms with Crippen molar-refractivity contribution in [2.75, 3.05) is 6.54 Å². The fourth-order valence-electron chi connectivity index (χ4n) is 4.52. The molecule has 3 amide bonds. The lowest BCUT2D eigenvalue weighted by molar-refractivity contribution is -0.141. The maximum absolute atomic E-state index is 13.2. The van der Waals surface area contributed by atoms with Crippen LogP contribution in [0.25, 0.3) is 11.4 Å². The summed E-state index contributed by atoms with van der Waals surface area (Å²) >= 11 is 3.03. The van der Waals surface area contributed by atoms with Gasteiger partial charge in [0.25, 0.3) is 5.91 Å². The van der Waals surface area contributed by atoms with E-state index < -0.39 is 29.8 Å². The molecule has 2 fully saturated rings. The Morgan fingerprint density at radius 2 is 1.81 bits per heavy atom. The molecule has 3 aromatic rings. The van der Waals surface area contributed by atoms with Crippen LogP contribution in [-0.2, 0) is 27.7 Å². The Bertz CT molecular complexity index is 1520. The summed E-state index contributed by atoms with van der Waals surface area (Å²) in [6.45, 7) is 5.89. The van der Waals surface area contributed by atoms with Crippen molar-refractivity contribution < 1.29 is 32.7 Å². The monoisotopic (exact) mass is 664 g/mol. The van der Waals surface area contributed by atoms with Gasteiger partial charge in [0.05, 0.1) is 13.0 Å². The van der Waals surface area contributed by atoms with E-state index in [1.165, 1.54) is 30.0 Å². The second-order valence-corrected chi connectivity index (χ2v) is 11.3. The number of aromatic nitrogens is 6. The van der Waals surface area contributed by atoms with Crippen molar-refractivity contribution in [3.05, 3.63) is 64.3 Å². The Labute approximate surface area is 252 Å². The molecule has 0 bridgehead atoms. The van der Waals surface area contributed by atoms with Gasteiger partial charge in [0, 0.05) is 46.7 Å². The van der Waals surface area contributed by atoms with Crippen LogP contribution in [0.4, 0.5) is 18.0 Å². The van der Waals surface area contributed by atoms with Gasteiger partial charge in [-0.05, 0) is 29.9 Å². The van der Waals surface area contributed by atoms with Crippen molar-refractivity contribution >= 4 is 33.8 Å². The number of amides is 3. The van der Waals surface area contributed by atoms with Crippen LogP contribution in [0.5, 0.6) is 0 Å². The number of nitrogens with one attached hydrogen (secondary N) is 1. The van der Waals surface area contributed by atoms with E-state index in [9.17, 15) is 27.6 Å². The van der Waals surface area contributed by atoms with Gasteiger partial charge in [-0.25, -0.2) is 24.7 Å². The second-order valence-electron chi connectivity index (χ2n) is 10.9. The van der Waals surface area contributed by atoms with Crippen LogP contribution in [0.1, 0.15) is 68.5 Å². The summed E-state index contributed by atoms with van der Waals surface area (Å²) in [5.41, 5.74) is 1.32. The zero-order valence-corrected chi connectivity index (χ0v) is 25.0. The van der Waals surface area contributed by atoms with E-state index in [1.807, 2.05) is 20.8 Å². The van der Waals surface area contributed by atoms with Gasteiger partial charge in [0.15, 0.2) is 5.82 Å². The van der Waals surface area contributed by atoms with Gasteiger partial charge in [0.2, 0.25) is 0 Å². The molecule has 0 spiro atoms. The number of H-pyrrole nitrogens is 1. The number of alkyl halides is 3. The molecule has 3 aromatic heterocycles. The van der Waals surface area contributed by atoms with Crippen LogP contribution in [-0.4, -0.2) is 69.5 Å². The van der Waals surface area contributed by atoms with Crippen LogP contribution in [0.3, 0.4) is 0 Å². The molecule has 0 radical (unpaired) electrons. The molecular formula is C27H28BrF3N8O4. The summed E-state index contributed by atoms with van der Waals surface area (Å²) in [6.07, 6.45) is 2.70. The number of carbonyl (C=O) groups is 3. The van der Waals surface area contributed by atoms with Gasteiger partial charge in [-0.3, -0.25) is 24.5 Å². The molecule has 2 N–H and O–H groups in total. The Hall–Kier alpha value is -4.21. The van der Waals surface area contributed by atoms with Crippen molar-refractivity contribution in [3.63, 3.8) is 0 Å². The molecule has 5 rings (SSSR count). The molecule has 0 unspecified atom stereocenters. The van der Waals surface area contributed by atoms with Crippen molar-refractivity contribution in [1.82, 2.24) is 39.9 Å². The summed E-state index contributed by atoms with van der Waals surface area (Å²) in [7, 11) is 0. The molecule has 0 atom stereocenters. The summed E-state index contributed by atoms with van der Waals surface area (Å²) in [5, 5.41) is 15.1. The van der Waals surface area contributed by atoms with Gasteiger partial charge >= 0.3 is 18.2 Å². The van der Waals surface area contributed by atoms with Crippen molar-refractivity contribution in [1.29, 1.82) is 0 Å². The third-order valence-electron chi connectivity index (χ3n) is 6.55. The summed E-state index contributed by atoms with van der Waals surface area (Å²) in [4.78, 5) is 54.2. The van der Waals surface area contributed by atoms with Crippen molar-refractivity contribution in [2.24, 2.45) is 0 Å². The van der Waals surface area contributed by atoms with Gasteiger partial charge in [-0.1, -0.05) is 36.7 Å². The highest BCUT2D eigenvalue weighted by atomic mass is 79.9. The highest BCUT2D eigenvalue weighted by Gasteiger charge is 2.41. The number of imide groups is 1. The number of carboxylic acids is 1. The van der Waals surface area contributed by atoms with Crippen LogP contribution in [0.15, 0.2) is 41.8 Å². The molecule has 4 heterocycles. The van der Waals surface area contributed by atoms with E-state index in [-0.39, 0.29) is 36.5 Å².